The number of rotatable bonds is 6. The minimum absolute atomic E-state index is 0.110. The van der Waals surface area contributed by atoms with Crippen LogP contribution in [0.2, 0.25) is 0 Å². The molecule has 0 saturated heterocycles. The molecule has 2 N–H and O–H groups in total. The molecule has 0 aliphatic carbocycles. The van der Waals surface area contributed by atoms with Crippen LogP contribution in [0.4, 0.5) is 0 Å². The highest BCUT2D eigenvalue weighted by atomic mass is 16.5. The fraction of sp³-hybridized carbons (Fsp3) is 0.235. The third kappa shape index (κ3) is 3.83. The van der Waals surface area contributed by atoms with E-state index in [9.17, 15) is 9.90 Å². The predicted molar refractivity (Wildman–Crippen MR) is 81.4 cm³/mol. The number of carboxylic acids is 1. The van der Waals surface area contributed by atoms with Gasteiger partial charge in [-0.1, -0.05) is 42.5 Å². The van der Waals surface area contributed by atoms with E-state index in [1.54, 1.807) is 7.11 Å². The predicted octanol–water partition coefficient (Wildman–Crippen LogP) is 3.17. The molecule has 1 unspecified atom stereocenters. The van der Waals surface area contributed by atoms with Crippen LogP contribution in [-0.4, -0.2) is 18.2 Å². The number of methoxy groups -OCH3 is 1. The van der Waals surface area contributed by atoms with Crippen molar-refractivity contribution in [3.05, 3.63) is 65.7 Å². The molecule has 2 aromatic rings. The quantitative estimate of drug-likeness (QED) is 0.856. The van der Waals surface area contributed by atoms with Crippen LogP contribution in [0, 0.1) is 0 Å². The van der Waals surface area contributed by atoms with E-state index in [4.69, 9.17) is 4.74 Å². The molecule has 21 heavy (non-hydrogen) atoms. The first-order chi connectivity index (χ1) is 10.1. The molecule has 0 amide bonds. The molecule has 110 valence electrons. The summed E-state index contributed by atoms with van der Waals surface area (Å²) in [6.07, 6.45) is 0. The number of ether oxygens (including phenoxy) is 1. The monoisotopic (exact) mass is 285 g/mol. The third-order valence-corrected chi connectivity index (χ3v) is 3.39. The standard InChI is InChI=1S/C17H19NO3/c1-12(14-9-6-10-15(11-14)21-2)18-16(17(19)20)13-7-4-3-5-8-13/h3-12,16,18H,1-2H3,(H,19,20)/t12-,16?/m0/s1. The Bertz CT molecular complexity index is 598. The van der Waals surface area contributed by atoms with Crippen LogP contribution in [0.3, 0.4) is 0 Å². The number of carboxylic acid groups (broad SMARTS) is 1. The molecule has 0 aliphatic heterocycles. The molecular weight excluding hydrogens is 266 g/mol. The molecule has 4 nitrogen and oxygen atoms in total. The van der Waals surface area contributed by atoms with Crippen molar-refractivity contribution in [2.75, 3.05) is 7.11 Å². The second-order valence-electron chi connectivity index (χ2n) is 4.85. The summed E-state index contributed by atoms with van der Waals surface area (Å²) in [5.41, 5.74) is 1.72. The molecule has 2 aromatic carbocycles. The van der Waals surface area contributed by atoms with E-state index in [1.165, 1.54) is 0 Å². The average molecular weight is 285 g/mol. The zero-order chi connectivity index (χ0) is 15.2. The zero-order valence-corrected chi connectivity index (χ0v) is 12.1. The summed E-state index contributed by atoms with van der Waals surface area (Å²) in [4.78, 5) is 11.5. The number of aliphatic carboxylic acids is 1. The lowest BCUT2D eigenvalue weighted by atomic mass is 10.0. The highest BCUT2D eigenvalue weighted by molar-refractivity contribution is 5.75. The first-order valence-electron chi connectivity index (χ1n) is 6.79. The van der Waals surface area contributed by atoms with Gasteiger partial charge >= 0.3 is 5.97 Å². The number of hydrogen-bond acceptors (Lipinski definition) is 3. The molecule has 0 saturated carbocycles. The first kappa shape index (κ1) is 15.1. The maximum absolute atomic E-state index is 11.5. The summed E-state index contributed by atoms with van der Waals surface area (Å²) in [6.45, 7) is 1.94. The minimum atomic E-state index is -0.893. The van der Waals surface area contributed by atoms with Crippen LogP contribution in [0.5, 0.6) is 5.75 Å². The second-order valence-corrected chi connectivity index (χ2v) is 4.85. The maximum Gasteiger partial charge on any atom is 0.325 e. The van der Waals surface area contributed by atoms with Crippen molar-refractivity contribution in [3.63, 3.8) is 0 Å². The van der Waals surface area contributed by atoms with Crippen molar-refractivity contribution in [1.82, 2.24) is 5.32 Å². The zero-order valence-electron chi connectivity index (χ0n) is 12.1. The molecule has 2 rings (SSSR count). The van der Waals surface area contributed by atoms with E-state index in [1.807, 2.05) is 61.5 Å². The summed E-state index contributed by atoms with van der Waals surface area (Å²) in [6, 6.07) is 15.9. The van der Waals surface area contributed by atoms with Gasteiger partial charge in [0.25, 0.3) is 0 Å². The minimum Gasteiger partial charge on any atom is -0.497 e. The van der Waals surface area contributed by atoms with E-state index in [0.29, 0.717) is 0 Å². The number of nitrogens with one attached hydrogen (secondary N) is 1. The van der Waals surface area contributed by atoms with Crippen LogP contribution in [0.1, 0.15) is 30.1 Å². The average Bonchev–Trinajstić information content (AvgIpc) is 2.53. The number of hydrogen-bond donors (Lipinski definition) is 2. The maximum atomic E-state index is 11.5. The molecule has 0 heterocycles. The summed E-state index contributed by atoms with van der Waals surface area (Å²) < 4.78 is 5.20. The Morgan fingerprint density at radius 3 is 2.38 bits per heavy atom. The molecular formula is C17H19NO3. The van der Waals surface area contributed by atoms with Crippen molar-refractivity contribution in [1.29, 1.82) is 0 Å². The van der Waals surface area contributed by atoms with Crippen LogP contribution < -0.4 is 10.1 Å². The second kappa shape index (κ2) is 6.90. The smallest absolute Gasteiger partial charge is 0.325 e. The van der Waals surface area contributed by atoms with E-state index >= 15 is 0 Å². The fourth-order valence-electron chi connectivity index (χ4n) is 2.21. The molecule has 0 fully saturated rings. The molecule has 4 heteroatoms. The van der Waals surface area contributed by atoms with Crippen molar-refractivity contribution < 1.29 is 14.6 Å². The van der Waals surface area contributed by atoms with Crippen molar-refractivity contribution >= 4 is 5.97 Å². The first-order valence-corrected chi connectivity index (χ1v) is 6.79. The SMILES string of the molecule is COc1cccc([C@H](C)NC(C(=O)O)c2ccccc2)c1. The lowest BCUT2D eigenvalue weighted by molar-refractivity contribution is -0.139. The summed E-state index contributed by atoms with van der Waals surface area (Å²) in [5, 5.41) is 12.6. The van der Waals surface area contributed by atoms with Crippen LogP contribution in [0.25, 0.3) is 0 Å². The summed E-state index contributed by atoms with van der Waals surface area (Å²) in [7, 11) is 1.61. The van der Waals surface area contributed by atoms with Gasteiger partial charge in [0.15, 0.2) is 0 Å². The van der Waals surface area contributed by atoms with E-state index in [2.05, 4.69) is 5.32 Å². The van der Waals surface area contributed by atoms with E-state index in [-0.39, 0.29) is 6.04 Å². The molecule has 0 aliphatic rings. The van der Waals surface area contributed by atoms with E-state index in [0.717, 1.165) is 16.9 Å². The Hall–Kier alpha value is -2.33. The van der Waals surface area contributed by atoms with Gasteiger partial charge in [-0.15, -0.1) is 0 Å². The highest BCUT2D eigenvalue weighted by Gasteiger charge is 2.22. The Morgan fingerprint density at radius 2 is 1.76 bits per heavy atom. The van der Waals surface area contributed by atoms with Gasteiger partial charge in [0, 0.05) is 6.04 Å². The summed E-state index contributed by atoms with van der Waals surface area (Å²) in [5.74, 6) is -0.135. The number of benzene rings is 2. The van der Waals surface area contributed by atoms with Crippen LogP contribution >= 0.6 is 0 Å². The van der Waals surface area contributed by atoms with Crippen molar-refractivity contribution in [2.45, 2.75) is 19.0 Å². The lowest BCUT2D eigenvalue weighted by Gasteiger charge is -2.21. The molecule has 0 aromatic heterocycles. The largest absolute Gasteiger partial charge is 0.497 e. The van der Waals surface area contributed by atoms with Crippen molar-refractivity contribution in [2.24, 2.45) is 0 Å². The lowest BCUT2D eigenvalue weighted by Crippen LogP contribution is -2.30. The highest BCUT2D eigenvalue weighted by Crippen LogP contribution is 2.22. The third-order valence-electron chi connectivity index (χ3n) is 3.39. The fourth-order valence-corrected chi connectivity index (χ4v) is 2.21. The Labute approximate surface area is 124 Å². The topological polar surface area (TPSA) is 58.6 Å². The molecule has 2 atom stereocenters. The van der Waals surface area contributed by atoms with Gasteiger partial charge in [-0.3, -0.25) is 10.1 Å². The van der Waals surface area contributed by atoms with Gasteiger partial charge in [0.2, 0.25) is 0 Å². The van der Waals surface area contributed by atoms with Gasteiger partial charge < -0.3 is 9.84 Å². The molecule has 0 spiro atoms. The van der Waals surface area contributed by atoms with Crippen LogP contribution in [0.15, 0.2) is 54.6 Å². The normalized spacial score (nSPS) is 13.4. The van der Waals surface area contributed by atoms with Gasteiger partial charge in [0.1, 0.15) is 11.8 Å². The van der Waals surface area contributed by atoms with Gasteiger partial charge in [0.05, 0.1) is 7.11 Å². The van der Waals surface area contributed by atoms with E-state index < -0.39 is 12.0 Å². The Balaban J connectivity index is 2.18. The molecule has 0 radical (unpaired) electrons. The van der Waals surface area contributed by atoms with Gasteiger partial charge in [-0.25, -0.2) is 0 Å². The van der Waals surface area contributed by atoms with Crippen LogP contribution in [-0.2, 0) is 4.79 Å². The number of carbonyl (C=O) groups is 1. The Morgan fingerprint density at radius 1 is 1.10 bits per heavy atom. The van der Waals surface area contributed by atoms with Gasteiger partial charge in [-0.2, -0.15) is 0 Å². The summed E-state index contributed by atoms with van der Waals surface area (Å²) >= 11 is 0. The Kier molecular flexibility index (Phi) is 4.95. The van der Waals surface area contributed by atoms with Gasteiger partial charge in [-0.05, 0) is 30.2 Å². The van der Waals surface area contributed by atoms with Crippen molar-refractivity contribution in [3.8, 4) is 5.75 Å². The molecule has 0 bridgehead atoms.